The van der Waals surface area contributed by atoms with E-state index in [4.69, 9.17) is 9.47 Å². The van der Waals surface area contributed by atoms with E-state index >= 15 is 0 Å². The number of pyridine rings is 1. The number of carbonyl (C=O) groups is 1. The van der Waals surface area contributed by atoms with Crippen molar-refractivity contribution in [1.82, 2.24) is 24.3 Å². The van der Waals surface area contributed by atoms with E-state index in [1.807, 2.05) is 51.2 Å². The fourth-order valence-electron chi connectivity index (χ4n) is 5.04. The van der Waals surface area contributed by atoms with Gasteiger partial charge in [-0.1, -0.05) is 29.5 Å². The van der Waals surface area contributed by atoms with Crippen LogP contribution in [0.25, 0.3) is 11.0 Å². The Balaban J connectivity index is 1.55. The molecule has 204 valence electrons. The molecule has 1 atom stereocenters. The molecule has 1 aliphatic rings. The first kappa shape index (κ1) is 26.8. The van der Waals surface area contributed by atoms with Crippen molar-refractivity contribution in [2.75, 3.05) is 19.8 Å². The summed E-state index contributed by atoms with van der Waals surface area (Å²) < 4.78 is 41.1. The van der Waals surface area contributed by atoms with Gasteiger partial charge in [0.1, 0.15) is 17.0 Å². The van der Waals surface area contributed by atoms with E-state index in [1.54, 1.807) is 17.7 Å². The normalized spacial score (nSPS) is 15.8. The molecule has 0 N–H and O–H groups in total. The molecular formula is C28H31N5O5S. The summed E-state index contributed by atoms with van der Waals surface area (Å²) in [5, 5.41) is 8.47. The van der Waals surface area contributed by atoms with Crippen LogP contribution in [0.5, 0.6) is 5.88 Å². The van der Waals surface area contributed by atoms with Crippen LogP contribution in [-0.2, 0) is 33.1 Å². The van der Waals surface area contributed by atoms with Crippen LogP contribution in [0.15, 0.2) is 53.6 Å². The van der Waals surface area contributed by atoms with Crippen molar-refractivity contribution in [3.05, 3.63) is 76.5 Å². The highest BCUT2D eigenvalue weighted by molar-refractivity contribution is 7.89. The number of carbonyl (C=O) groups excluding carboxylic acids is 1. The monoisotopic (exact) mass is 549 g/mol. The number of aromatic nitrogens is 4. The number of nitrogens with zero attached hydrogens (tertiary/aromatic N) is 5. The first-order valence-corrected chi connectivity index (χ1v) is 14.3. The van der Waals surface area contributed by atoms with Crippen molar-refractivity contribution in [3.63, 3.8) is 0 Å². The number of hydrogen-bond acceptors (Lipinski definition) is 8. The molecule has 11 heteroatoms. The maximum atomic E-state index is 13.5. The number of ether oxygens (including phenoxy) is 2. The largest absolute Gasteiger partial charge is 0.475 e. The zero-order valence-electron chi connectivity index (χ0n) is 22.4. The molecule has 10 nitrogen and oxygen atoms in total. The number of sulfonamides is 1. The molecule has 0 fully saturated rings. The van der Waals surface area contributed by atoms with Gasteiger partial charge in [-0.25, -0.2) is 18.1 Å². The standard InChI is InChI=1S/C28H31N5O5S/c1-5-37-26(34)16-23(22-10-11-24-27(19(22)3)30-31-32(24)4)20-9-8-18(2)21(15-20)17-33-13-14-38-28-25(39(33,35)36)7-6-12-29-28/h6-12,15,23H,5,13-14,16-17H2,1-4H3. The number of fused-ring (bicyclic) bond motifs is 2. The quantitative estimate of drug-likeness (QED) is 0.321. The van der Waals surface area contributed by atoms with E-state index in [2.05, 4.69) is 15.3 Å². The summed E-state index contributed by atoms with van der Waals surface area (Å²) in [4.78, 5) is 16.9. The van der Waals surface area contributed by atoms with E-state index in [0.717, 1.165) is 38.9 Å². The van der Waals surface area contributed by atoms with E-state index in [-0.39, 0.29) is 55.4 Å². The number of benzene rings is 2. The Morgan fingerprint density at radius 2 is 2.00 bits per heavy atom. The van der Waals surface area contributed by atoms with Gasteiger partial charge in [0.05, 0.1) is 18.5 Å². The maximum Gasteiger partial charge on any atom is 0.306 e. The lowest BCUT2D eigenvalue weighted by molar-refractivity contribution is -0.143. The van der Waals surface area contributed by atoms with E-state index in [9.17, 15) is 13.2 Å². The second-order valence-corrected chi connectivity index (χ2v) is 11.5. The number of hydrogen-bond donors (Lipinski definition) is 0. The molecule has 0 aliphatic carbocycles. The lowest BCUT2D eigenvalue weighted by Gasteiger charge is -2.23. The van der Waals surface area contributed by atoms with Gasteiger partial charge in [-0.05, 0) is 66.8 Å². The van der Waals surface area contributed by atoms with Crippen LogP contribution in [0.1, 0.15) is 47.1 Å². The summed E-state index contributed by atoms with van der Waals surface area (Å²) in [7, 11) is -1.98. The summed E-state index contributed by atoms with van der Waals surface area (Å²) in [6, 6.07) is 13.0. The Morgan fingerprint density at radius 1 is 1.18 bits per heavy atom. The molecule has 0 spiro atoms. The summed E-state index contributed by atoms with van der Waals surface area (Å²) in [6.07, 6.45) is 1.65. The van der Waals surface area contributed by atoms with Gasteiger partial charge in [-0.3, -0.25) is 4.79 Å². The van der Waals surface area contributed by atoms with Crippen LogP contribution in [0.3, 0.4) is 0 Å². The number of esters is 1. The summed E-state index contributed by atoms with van der Waals surface area (Å²) in [5.41, 5.74) is 6.24. The lowest BCUT2D eigenvalue weighted by atomic mass is 9.84. The van der Waals surface area contributed by atoms with Crippen molar-refractivity contribution in [1.29, 1.82) is 0 Å². The minimum atomic E-state index is -3.82. The second kappa shape index (κ2) is 10.7. The second-order valence-electron chi connectivity index (χ2n) is 9.60. The van der Waals surface area contributed by atoms with Crippen LogP contribution in [0, 0.1) is 13.8 Å². The highest BCUT2D eigenvalue weighted by Crippen LogP contribution is 2.35. The molecule has 0 bridgehead atoms. The molecule has 39 heavy (non-hydrogen) atoms. The predicted octanol–water partition coefficient (Wildman–Crippen LogP) is 3.65. The highest BCUT2D eigenvalue weighted by atomic mass is 32.2. The minimum absolute atomic E-state index is 0.0596. The lowest BCUT2D eigenvalue weighted by Crippen LogP contribution is -2.32. The van der Waals surface area contributed by atoms with Crippen molar-refractivity contribution in [3.8, 4) is 5.88 Å². The van der Waals surface area contributed by atoms with E-state index < -0.39 is 10.0 Å². The zero-order valence-corrected chi connectivity index (χ0v) is 23.2. The molecular weight excluding hydrogens is 518 g/mol. The Bertz CT molecular complexity index is 1650. The average molecular weight is 550 g/mol. The van der Waals surface area contributed by atoms with Gasteiger partial charge in [0.25, 0.3) is 0 Å². The van der Waals surface area contributed by atoms with Crippen LogP contribution in [0.4, 0.5) is 0 Å². The molecule has 1 unspecified atom stereocenters. The summed E-state index contributed by atoms with van der Waals surface area (Å²) in [5.74, 6) is -0.502. The van der Waals surface area contributed by atoms with E-state index in [0.29, 0.717) is 0 Å². The minimum Gasteiger partial charge on any atom is -0.475 e. The topological polar surface area (TPSA) is 117 Å². The Kier molecular flexibility index (Phi) is 7.37. The van der Waals surface area contributed by atoms with Crippen LogP contribution in [0.2, 0.25) is 0 Å². The van der Waals surface area contributed by atoms with Gasteiger partial charge in [-0.2, -0.15) is 4.31 Å². The van der Waals surface area contributed by atoms with Crippen molar-refractivity contribution in [2.24, 2.45) is 7.05 Å². The molecule has 4 aromatic rings. The number of aryl methyl sites for hydroxylation is 3. The first-order valence-electron chi connectivity index (χ1n) is 12.8. The Morgan fingerprint density at radius 3 is 2.79 bits per heavy atom. The highest BCUT2D eigenvalue weighted by Gasteiger charge is 2.32. The molecule has 3 heterocycles. The fraction of sp³-hybridized carbons (Fsp3) is 0.357. The van der Waals surface area contributed by atoms with Crippen LogP contribution in [-0.4, -0.2) is 58.4 Å². The zero-order chi connectivity index (χ0) is 27.7. The van der Waals surface area contributed by atoms with Gasteiger partial charge in [0.15, 0.2) is 0 Å². The Hall–Kier alpha value is -3.83. The molecule has 1 aliphatic heterocycles. The SMILES string of the molecule is CCOC(=O)CC(c1ccc(C)c(CN2CCOc3ncccc3S2(=O)=O)c1)c1ccc2c(nnn2C)c1C. The molecule has 5 rings (SSSR count). The summed E-state index contributed by atoms with van der Waals surface area (Å²) >= 11 is 0. The fourth-order valence-corrected chi connectivity index (χ4v) is 6.52. The van der Waals surface area contributed by atoms with Gasteiger partial charge in [0, 0.05) is 32.3 Å². The molecule has 0 saturated heterocycles. The smallest absolute Gasteiger partial charge is 0.306 e. The molecule has 0 amide bonds. The van der Waals surface area contributed by atoms with Crippen molar-refractivity contribution in [2.45, 2.75) is 44.6 Å². The molecule has 0 saturated carbocycles. The molecule has 0 radical (unpaired) electrons. The molecule has 2 aromatic heterocycles. The number of rotatable bonds is 7. The Labute approximate surface area is 227 Å². The third-order valence-electron chi connectivity index (χ3n) is 7.19. The summed E-state index contributed by atoms with van der Waals surface area (Å²) in [6.45, 7) is 6.56. The average Bonchev–Trinajstić information content (AvgIpc) is 3.24. The first-order chi connectivity index (χ1) is 18.7. The van der Waals surface area contributed by atoms with E-state index in [1.165, 1.54) is 16.6 Å². The predicted molar refractivity (Wildman–Crippen MR) is 145 cm³/mol. The van der Waals surface area contributed by atoms with Gasteiger partial charge < -0.3 is 9.47 Å². The van der Waals surface area contributed by atoms with Crippen molar-refractivity contribution >= 4 is 27.0 Å². The molecule has 2 aromatic carbocycles. The van der Waals surface area contributed by atoms with Crippen molar-refractivity contribution < 1.29 is 22.7 Å². The third-order valence-corrected chi connectivity index (χ3v) is 9.04. The van der Waals surface area contributed by atoms with Gasteiger partial charge in [0.2, 0.25) is 15.9 Å². The van der Waals surface area contributed by atoms with Crippen LogP contribution >= 0.6 is 0 Å². The van der Waals surface area contributed by atoms with Crippen LogP contribution < -0.4 is 4.74 Å². The maximum absolute atomic E-state index is 13.5. The van der Waals surface area contributed by atoms with Gasteiger partial charge >= 0.3 is 5.97 Å². The third kappa shape index (κ3) is 5.11. The van der Waals surface area contributed by atoms with Gasteiger partial charge in [-0.15, -0.1) is 5.10 Å².